The van der Waals surface area contributed by atoms with Gasteiger partial charge in [-0.25, -0.2) is 0 Å². The van der Waals surface area contributed by atoms with Gasteiger partial charge in [0.15, 0.2) is 0 Å². The lowest BCUT2D eigenvalue weighted by Crippen LogP contribution is -2.41. The Balaban J connectivity index is 1.94. The molecule has 3 atom stereocenters. The predicted octanol–water partition coefficient (Wildman–Crippen LogP) is 2.50. The summed E-state index contributed by atoms with van der Waals surface area (Å²) >= 11 is 3.75. The van der Waals surface area contributed by atoms with E-state index in [9.17, 15) is 0 Å². The summed E-state index contributed by atoms with van der Waals surface area (Å²) in [7, 11) is 2.26. The van der Waals surface area contributed by atoms with Gasteiger partial charge in [0.25, 0.3) is 0 Å². The van der Waals surface area contributed by atoms with E-state index in [1.807, 2.05) is 0 Å². The molecule has 0 amide bonds. The summed E-state index contributed by atoms with van der Waals surface area (Å²) in [5.41, 5.74) is 0. The molecule has 0 aromatic rings. The monoisotopic (exact) mass is 231 g/mol. The minimum Gasteiger partial charge on any atom is -0.306 e. The lowest BCUT2D eigenvalue weighted by Gasteiger charge is -2.41. The van der Waals surface area contributed by atoms with E-state index in [4.69, 9.17) is 0 Å². The zero-order valence-electron chi connectivity index (χ0n) is 7.80. The van der Waals surface area contributed by atoms with Crippen LogP contribution in [0.1, 0.15) is 25.7 Å². The molecule has 0 unspecified atom stereocenters. The summed E-state index contributed by atoms with van der Waals surface area (Å²) in [5.74, 6) is 2.04. The van der Waals surface area contributed by atoms with Gasteiger partial charge in [0.2, 0.25) is 0 Å². The van der Waals surface area contributed by atoms with Crippen molar-refractivity contribution in [1.29, 1.82) is 0 Å². The van der Waals surface area contributed by atoms with Crippen LogP contribution in [-0.2, 0) is 0 Å². The molecule has 0 N–H and O–H groups in total. The molecule has 2 heteroatoms. The quantitative estimate of drug-likeness (QED) is 0.580. The van der Waals surface area contributed by atoms with Gasteiger partial charge in [0, 0.05) is 11.4 Å². The minimum atomic E-state index is 0.810. The van der Waals surface area contributed by atoms with E-state index >= 15 is 0 Å². The molecular formula is C10H18BrN. The highest BCUT2D eigenvalue weighted by atomic mass is 79.9. The largest absolute Gasteiger partial charge is 0.306 e. The summed E-state index contributed by atoms with van der Waals surface area (Å²) in [6.45, 7) is 2.67. The molecule has 0 aromatic heterocycles. The molecule has 1 nitrogen and oxygen atoms in total. The smallest absolute Gasteiger partial charge is 0.0149 e. The highest BCUT2D eigenvalue weighted by molar-refractivity contribution is 9.09. The van der Waals surface area contributed by atoms with Crippen LogP contribution >= 0.6 is 15.9 Å². The average Bonchev–Trinajstić information content (AvgIpc) is 2.03. The highest BCUT2D eigenvalue weighted by Gasteiger charge is 2.32. The first-order chi connectivity index (χ1) is 5.75. The molecule has 2 aliphatic rings. The van der Waals surface area contributed by atoms with Crippen LogP contribution in [0.25, 0.3) is 0 Å². The molecule has 1 saturated heterocycles. The molecule has 1 aliphatic heterocycles. The van der Waals surface area contributed by atoms with Crippen LogP contribution in [0.5, 0.6) is 0 Å². The van der Waals surface area contributed by atoms with Gasteiger partial charge in [-0.2, -0.15) is 0 Å². The van der Waals surface area contributed by atoms with Crippen molar-refractivity contribution in [3.63, 3.8) is 0 Å². The van der Waals surface area contributed by atoms with Gasteiger partial charge in [-0.3, -0.25) is 0 Å². The van der Waals surface area contributed by atoms with Crippen LogP contribution in [0.3, 0.4) is 0 Å². The number of fused-ring (bicyclic) bond motifs is 1. The van der Waals surface area contributed by atoms with Crippen LogP contribution in [-0.4, -0.2) is 29.9 Å². The molecule has 0 aromatic carbocycles. The molecule has 1 aliphatic carbocycles. The number of likely N-dealkylation sites (tertiary alicyclic amines) is 1. The number of alkyl halides is 1. The Morgan fingerprint density at radius 3 is 2.83 bits per heavy atom. The van der Waals surface area contributed by atoms with Gasteiger partial charge < -0.3 is 4.90 Å². The molecule has 0 spiro atoms. The first kappa shape index (κ1) is 9.01. The number of hydrogen-bond acceptors (Lipinski definition) is 1. The fraction of sp³-hybridized carbons (Fsp3) is 1.00. The zero-order chi connectivity index (χ0) is 8.55. The number of piperidine rings is 1. The van der Waals surface area contributed by atoms with Crippen molar-refractivity contribution in [2.75, 3.05) is 20.1 Å². The highest BCUT2D eigenvalue weighted by Crippen LogP contribution is 2.38. The maximum absolute atomic E-state index is 3.75. The van der Waals surface area contributed by atoms with E-state index in [1.54, 1.807) is 0 Å². The molecule has 0 bridgehead atoms. The van der Waals surface area contributed by atoms with Crippen molar-refractivity contribution in [2.24, 2.45) is 11.8 Å². The van der Waals surface area contributed by atoms with Crippen molar-refractivity contribution in [1.82, 2.24) is 4.90 Å². The minimum absolute atomic E-state index is 0.810. The van der Waals surface area contributed by atoms with Gasteiger partial charge in [-0.05, 0) is 51.1 Å². The number of halogens is 1. The first-order valence-corrected chi connectivity index (χ1v) is 6.00. The van der Waals surface area contributed by atoms with Crippen molar-refractivity contribution in [2.45, 2.75) is 30.5 Å². The third kappa shape index (κ3) is 1.85. The molecule has 12 heavy (non-hydrogen) atoms. The van der Waals surface area contributed by atoms with Gasteiger partial charge in [0.1, 0.15) is 0 Å². The summed E-state index contributed by atoms with van der Waals surface area (Å²) in [6.07, 6.45) is 5.73. The van der Waals surface area contributed by atoms with Gasteiger partial charge in [-0.1, -0.05) is 15.9 Å². The van der Waals surface area contributed by atoms with Crippen molar-refractivity contribution in [3.05, 3.63) is 0 Å². The maximum Gasteiger partial charge on any atom is 0.0149 e. The van der Waals surface area contributed by atoms with Gasteiger partial charge in [0.05, 0.1) is 0 Å². The van der Waals surface area contributed by atoms with Crippen LogP contribution < -0.4 is 0 Å². The summed E-state index contributed by atoms with van der Waals surface area (Å²) in [6, 6.07) is 0. The Kier molecular flexibility index (Phi) is 2.75. The van der Waals surface area contributed by atoms with E-state index in [0.717, 1.165) is 16.7 Å². The SMILES string of the molecule is CN1CC[C@H]2CC[C@H](Br)C[C@@H]2C1. The Labute approximate surface area is 83.6 Å². The maximum atomic E-state index is 3.75. The fourth-order valence-corrected chi connectivity index (χ4v) is 3.50. The standard InChI is InChI=1S/C10H18BrN/c1-12-5-4-8-2-3-10(11)6-9(8)7-12/h8-10H,2-7H2,1H3/t8-,9-,10+/m1/s1. The van der Waals surface area contributed by atoms with Crippen molar-refractivity contribution >= 4 is 15.9 Å². The molecule has 70 valence electrons. The van der Waals surface area contributed by atoms with E-state index in [1.165, 1.54) is 38.8 Å². The fourth-order valence-electron chi connectivity index (χ4n) is 2.75. The Hall–Kier alpha value is 0.440. The van der Waals surface area contributed by atoms with E-state index in [0.29, 0.717) is 0 Å². The second-order valence-electron chi connectivity index (χ2n) is 4.48. The molecular weight excluding hydrogens is 214 g/mol. The lowest BCUT2D eigenvalue weighted by atomic mass is 9.75. The van der Waals surface area contributed by atoms with Gasteiger partial charge >= 0.3 is 0 Å². The predicted molar refractivity (Wildman–Crippen MR) is 55.7 cm³/mol. The number of nitrogens with zero attached hydrogens (tertiary/aromatic N) is 1. The first-order valence-electron chi connectivity index (χ1n) is 5.08. The Morgan fingerprint density at radius 2 is 2.00 bits per heavy atom. The van der Waals surface area contributed by atoms with E-state index in [-0.39, 0.29) is 0 Å². The van der Waals surface area contributed by atoms with E-state index in [2.05, 4.69) is 27.9 Å². The molecule has 2 rings (SSSR count). The number of rotatable bonds is 0. The van der Waals surface area contributed by atoms with Crippen LogP contribution in [0.15, 0.2) is 0 Å². The van der Waals surface area contributed by atoms with Crippen LogP contribution in [0.4, 0.5) is 0 Å². The Morgan fingerprint density at radius 1 is 1.17 bits per heavy atom. The summed E-state index contributed by atoms with van der Waals surface area (Å²) in [4.78, 5) is 3.30. The topological polar surface area (TPSA) is 3.24 Å². The normalized spacial score (nSPS) is 44.0. The average molecular weight is 232 g/mol. The summed E-state index contributed by atoms with van der Waals surface area (Å²) in [5, 5.41) is 0. The van der Waals surface area contributed by atoms with Crippen molar-refractivity contribution < 1.29 is 0 Å². The third-order valence-electron chi connectivity index (χ3n) is 3.50. The lowest BCUT2D eigenvalue weighted by molar-refractivity contribution is 0.108. The molecule has 1 saturated carbocycles. The molecule has 1 heterocycles. The third-order valence-corrected chi connectivity index (χ3v) is 4.34. The van der Waals surface area contributed by atoms with E-state index < -0.39 is 0 Å². The number of hydrogen-bond donors (Lipinski definition) is 0. The Bertz CT molecular complexity index is 144. The zero-order valence-corrected chi connectivity index (χ0v) is 9.39. The second-order valence-corrected chi connectivity index (χ2v) is 5.78. The van der Waals surface area contributed by atoms with Crippen LogP contribution in [0, 0.1) is 11.8 Å². The molecule has 2 fully saturated rings. The van der Waals surface area contributed by atoms with Crippen LogP contribution in [0.2, 0.25) is 0 Å². The summed E-state index contributed by atoms with van der Waals surface area (Å²) < 4.78 is 0. The molecule has 0 radical (unpaired) electrons. The van der Waals surface area contributed by atoms with Gasteiger partial charge in [-0.15, -0.1) is 0 Å². The van der Waals surface area contributed by atoms with Crippen molar-refractivity contribution in [3.8, 4) is 0 Å². The second kappa shape index (κ2) is 3.67.